The van der Waals surface area contributed by atoms with Gasteiger partial charge in [0.25, 0.3) is 0 Å². The first-order chi connectivity index (χ1) is 13.1. The van der Waals surface area contributed by atoms with Gasteiger partial charge in [-0.2, -0.15) is 13.2 Å². The second-order valence-corrected chi connectivity index (χ2v) is 9.24. The van der Waals surface area contributed by atoms with Crippen molar-refractivity contribution in [2.45, 2.75) is 41.7 Å². The quantitative estimate of drug-likeness (QED) is 0.758. The molecule has 2 heterocycles. The largest absolute Gasteiger partial charge is 0.480 e. The number of halogens is 3. The van der Waals surface area contributed by atoms with Gasteiger partial charge < -0.3 is 9.47 Å². The van der Waals surface area contributed by atoms with Crippen molar-refractivity contribution >= 4 is 9.84 Å². The van der Waals surface area contributed by atoms with Crippen LogP contribution in [0, 0.1) is 0 Å². The highest BCUT2D eigenvalue weighted by molar-refractivity contribution is 7.92. The van der Waals surface area contributed by atoms with Crippen molar-refractivity contribution in [1.29, 1.82) is 0 Å². The lowest BCUT2D eigenvalue weighted by Gasteiger charge is -2.37. The van der Waals surface area contributed by atoms with E-state index in [4.69, 9.17) is 9.47 Å². The first-order valence-electron chi connectivity index (χ1n) is 8.46. The van der Waals surface area contributed by atoms with E-state index in [-0.39, 0.29) is 24.3 Å². The summed E-state index contributed by atoms with van der Waals surface area (Å²) in [6, 6.07) is 3.82. The van der Waals surface area contributed by atoms with Crippen LogP contribution in [0.4, 0.5) is 13.2 Å². The predicted molar refractivity (Wildman–Crippen MR) is 93.5 cm³/mol. The Kier molecular flexibility index (Phi) is 5.37. The van der Waals surface area contributed by atoms with Crippen molar-refractivity contribution in [3.05, 3.63) is 47.9 Å². The van der Waals surface area contributed by atoms with Crippen molar-refractivity contribution in [1.82, 2.24) is 9.97 Å². The Balaban J connectivity index is 1.92. The molecule has 3 rings (SSSR count). The SMILES string of the molecule is COc1cnc(C2CC(C)(S(=O)(=O)c3cccc(C(F)(F)F)c3)CCO2)cn1. The van der Waals surface area contributed by atoms with Crippen LogP contribution < -0.4 is 4.74 Å². The van der Waals surface area contributed by atoms with E-state index in [0.717, 1.165) is 12.1 Å². The molecule has 1 aromatic carbocycles. The molecule has 0 N–H and O–H groups in total. The van der Waals surface area contributed by atoms with Gasteiger partial charge >= 0.3 is 6.18 Å². The van der Waals surface area contributed by atoms with Gasteiger partial charge in [0.1, 0.15) is 6.10 Å². The molecule has 0 saturated carbocycles. The molecule has 2 unspecified atom stereocenters. The van der Waals surface area contributed by atoms with Crippen molar-refractivity contribution in [2.75, 3.05) is 13.7 Å². The van der Waals surface area contributed by atoms with Gasteiger partial charge in [0.15, 0.2) is 9.84 Å². The van der Waals surface area contributed by atoms with E-state index in [1.807, 2.05) is 0 Å². The summed E-state index contributed by atoms with van der Waals surface area (Å²) in [5, 5.41) is 0. The first kappa shape index (κ1) is 20.5. The van der Waals surface area contributed by atoms with Crippen molar-refractivity contribution in [3.8, 4) is 5.88 Å². The third-order valence-electron chi connectivity index (χ3n) is 4.87. The molecule has 1 fully saturated rings. The summed E-state index contributed by atoms with van der Waals surface area (Å²) in [5.74, 6) is 0.305. The molecule has 0 aliphatic carbocycles. The molecule has 1 saturated heterocycles. The van der Waals surface area contributed by atoms with Crippen LogP contribution in [0.1, 0.15) is 37.1 Å². The topological polar surface area (TPSA) is 78.4 Å². The Bertz CT molecular complexity index is 948. The number of sulfone groups is 1. The normalized spacial score (nSPS) is 23.4. The number of benzene rings is 1. The Morgan fingerprint density at radius 1 is 1.25 bits per heavy atom. The van der Waals surface area contributed by atoms with Gasteiger partial charge in [0.2, 0.25) is 5.88 Å². The highest BCUT2D eigenvalue weighted by atomic mass is 32.2. The maximum Gasteiger partial charge on any atom is 0.416 e. The zero-order valence-corrected chi connectivity index (χ0v) is 16.0. The Morgan fingerprint density at radius 3 is 2.61 bits per heavy atom. The zero-order chi connectivity index (χ0) is 20.6. The van der Waals surface area contributed by atoms with Crippen molar-refractivity contribution in [3.63, 3.8) is 0 Å². The maximum atomic E-state index is 13.2. The molecule has 2 atom stereocenters. The molecule has 10 heteroatoms. The summed E-state index contributed by atoms with van der Waals surface area (Å²) in [6.45, 7) is 1.65. The van der Waals surface area contributed by atoms with Crippen LogP contribution in [0.25, 0.3) is 0 Å². The highest BCUT2D eigenvalue weighted by Gasteiger charge is 2.46. The van der Waals surface area contributed by atoms with Crippen molar-refractivity contribution in [2.24, 2.45) is 0 Å². The summed E-state index contributed by atoms with van der Waals surface area (Å²) in [4.78, 5) is 7.87. The van der Waals surface area contributed by atoms with Crippen LogP contribution in [0.3, 0.4) is 0 Å². The maximum absolute atomic E-state index is 13.2. The summed E-state index contributed by atoms with van der Waals surface area (Å²) in [5.41, 5.74) is -0.562. The molecular formula is C18H19F3N2O4S. The summed E-state index contributed by atoms with van der Waals surface area (Å²) in [6.07, 6.45) is -2.22. The fourth-order valence-electron chi connectivity index (χ4n) is 3.13. The third kappa shape index (κ3) is 3.83. The summed E-state index contributed by atoms with van der Waals surface area (Å²) < 4.78 is 74.7. The number of nitrogens with zero attached hydrogens (tertiary/aromatic N) is 2. The predicted octanol–water partition coefficient (Wildman–Crippen LogP) is 3.59. The van der Waals surface area contributed by atoms with Gasteiger partial charge in [-0.1, -0.05) is 6.07 Å². The molecule has 1 aliphatic heterocycles. The lowest BCUT2D eigenvalue weighted by molar-refractivity contribution is -0.137. The minimum atomic E-state index is -4.62. The number of ether oxygens (including phenoxy) is 2. The van der Waals surface area contributed by atoms with Crippen LogP contribution in [0.15, 0.2) is 41.6 Å². The van der Waals surface area contributed by atoms with Gasteiger partial charge in [-0.15, -0.1) is 0 Å². The molecule has 1 aliphatic rings. The lowest BCUT2D eigenvalue weighted by Crippen LogP contribution is -2.42. The van der Waals surface area contributed by atoms with Crippen LogP contribution in [0.2, 0.25) is 0 Å². The molecule has 2 aromatic rings. The number of hydrogen-bond acceptors (Lipinski definition) is 6. The summed E-state index contributed by atoms with van der Waals surface area (Å²) >= 11 is 0. The number of aromatic nitrogens is 2. The molecule has 6 nitrogen and oxygen atoms in total. The van der Waals surface area contributed by atoms with E-state index in [0.29, 0.717) is 17.6 Å². The fourth-order valence-corrected chi connectivity index (χ4v) is 4.96. The molecule has 0 bridgehead atoms. The van der Waals surface area contributed by atoms with Gasteiger partial charge in [0.05, 0.1) is 40.4 Å². The number of rotatable bonds is 4. The van der Waals surface area contributed by atoms with E-state index < -0.39 is 32.4 Å². The van der Waals surface area contributed by atoms with Crippen molar-refractivity contribution < 1.29 is 31.1 Å². The monoisotopic (exact) mass is 416 g/mol. The second-order valence-electron chi connectivity index (χ2n) is 6.78. The molecule has 0 spiro atoms. The van der Waals surface area contributed by atoms with Gasteiger partial charge in [0, 0.05) is 6.61 Å². The van der Waals surface area contributed by atoms with Gasteiger partial charge in [-0.25, -0.2) is 13.4 Å². The Labute approximate surface area is 160 Å². The smallest absolute Gasteiger partial charge is 0.416 e. The van der Waals surface area contributed by atoms with Gasteiger partial charge in [-0.3, -0.25) is 4.98 Å². The van der Waals surface area contributed by atoms with E-state index >= 15 is 0 Å². The van der Waals surface area contributed by atoms with Crippen LogP contribution in [0.5, 0.6) is 5.88 Å². The minimum Gasteiger partial charge on any atom is -0.480 e. The first-order valence-corrected chi connectivity index (χ1v) is 9.94. The minimum absolute atomic E-state index is 0.0482. The van der Waals surface area contributed by atoms with E-state index in [2.05, 4.69) is 9.97 Å². The molecule has 0 radical (unpaired) electrons. The average molecular weight is 416 g/mol. The highest BCUT2D eigenvalue weighted by Crippen LogP contribution is 2.42. The molecule has 152 valence electrons. The average Bonchev–Trinajstić information content (AvgIpc) is 2.67. The molecule has 0 amide bonds. The third-order valence-corrected chi connectivity index (χ3v) is 7.42. The zero-order valence-electron chi connectivity index (χ0n) is 15.2. The van der Waals surface area contributed by atoms with E-state index in [1.165, 1.54) is 32.5 Å². The Hall–Kier alpha value is -2.20. The molecule has 1 aromatic heterocycles. The second kappa shape index (κ2) is 7.32. The fraction of sp³-hybridized carbons (Fsp3) is 0.444. The Morgan fingerprint density at radius 2 is 2.00 bits per heavy atom. The van der Waals surface area contributed by atoms with E-state index in [1.54, 1.807) is 0 Å². The number of hydrogen-bond donors (Lipinski definition) is 0. The van der Waals surface area contributed by atoms with Crippen LogP contribution >= 0.6 is 0 Å². The van der Waals surface area contributed by atoms with Gasteiger partial charge in [-0.05, 0) is 38.0 Å². The van der Waals surface area contributed by atoms with E-state index in [9.17, 15) is 21.6 Å². The summed E-state index contributed by atoms with van der Waals surface area (Å²) in [7, 11) is -2.61. The number of alkyl halides is 3. The number of methoxy groups -OCH3 is 1. The van der Waals surface area contributed by atoms with Crippen LogP contribution in [-0.2, 0) is 20.8 Å². The lowest BCUT2D eigenvalue weighted by atomic mass is 9.95. The van der Waals surface area contributed by atoms with Crippen LogP contribution in [-0.4, -0.2) is 36.8 Å². The standard InChI is InChI=1S/C18H19F3N2O4S/c1-17(28(24,25)13-5-3-4-12(8-13)18(19,20)21)6-7-27-15(9-17)14-10-23-16(26-2)11-22-14/h3-5,8,10-11,15H,6-7,9H2,1-2H3. The molecule has 28 heavy (non-hydrogen) atoms. The molecular weight excluding hydrogens is 397 g/mol.